The van der Waals surface area contributed by atoms with E-state index in [1.165, 1.54) is 0 Å². The Morgan fingerprint density at radius 3 is 2.80 bits per heavy atom. The molecule has 0 saturated heterocycles. The maximum Gasteiger partial charge on any atom is 1.00 e. The van der Waals surface area contributed by atoms with Gasteiger partial charge in [-0.1, -0.05) is 12.1 Å². The number of carbonyl (C=O) groups is 1. The second-order valence-corrected chi connectivity index (χ2v) is 3.07. The molecule has 0 atom stereocenters. The van der Waals surface area contributed by atoms with Crippen molar-refractivity contribution in [2.24, 2.45) is 0 Å². The number of aromatic nitrogens is 2. The van der Waals surface area contributed by atoms with Crippen molar-refractivity contribution in [2.45, 2.75) is 12.8 Å². The molecule has 0 saturated carbocycles. The minimum absolute atomic E-state index is 0. The Bertz CT molecular complexity index is 434. The van der Waals surface area contributed by atoms with Crippen molar-refractivity contribution in [2.75, 3.05) is 0 Å². The minimum Gasteiger partial charge on any atom is -0.550 e. The number of H-pyrrole nitrogens is 1. The summed E-state index contributed by atoms with van der Waals surface area (Å²) in [6, 6.07) is 7.59. The molecule has 15 heavy (non-hydrogen) atoms. The number of carbonyl (C=O) groups excluding carboxylic acids is 1. The van der Waals surface area contributed by atoms with Crippen LogP contribution in [0.1, 0.15) is 12.2 Å². The third-order valence-corrected chi connectivity index (χ3v) is 2.00. The van der Waals surface area contributed by atoms with E-state index in [2.05, 4.69) is 9.97 Å². The SMILES string of the molecule is O=C([O-])CCc1nc2ccccc2[nH]1.[Na+]. The number of rotatable bonds is 3. The molecule has 2 aromatic rings. The number of fused-ring (bicyclic) bond motifs is 1. The van der Waals surface area contributed by atoms with E-state index in [0.29, 0.717) is 12.2 Å². The second-order valence-electron chi connectivity index (χ2n) is 3.07. The summed E-state index contributed by atoms with van der Waals surface area (Å²) in [5, 5.41) is 10.2. The van der Waals surface area contributed by atoms with Gasteiger partial charge in [0.15, 0.2) is 0 Å². The molecule has 1 N–H and O–H groups in total. The molecule has 5 heteroatoms. The topological polar surface area (TPSA) is 68.8 Å². The Morgan fingerprint density at radius 2 is 2.13 bits per heavy atom. The van der Waals surface area contributed by atoms with E-state index in [0.717, 1.165) is 11.0 Å². The molecular weight excluding hydrogens is 203 g/mol. The van der Waals surface area contributed by atoms with Crippen LogP contribution >= 0.6 is 0 Å². The van der Waals surface area contributed by atoms with E-state index in [4.69, 9.17) is 0 Å². The first-order chi connectivity index (χ1) is 6.75. The van der Waals surface area contributed by atoms with E-state index in [1.54, 1.807) is 0 Å². The first-order valence-corrected chi connectivity index (χ1v) is 4.39. The summed E-state index contributed by atoms with van der Waals surface area (Å²) in [7, 11) is 0. The van der Waals surface area contributed by atoms with Gasteiger partial charge in [-0.3, -0.25) is 0 Å². The van der Waals surface area contributed by atoms with Crippen molar-refractivity contribution in [3.8, 4) is 0 Å². The van der Waals surface area contributed by atoms with E-state index in [9.17, 15) is 9.90 Å². The molecule has 0 fully saturated rings. The molecule has 1 heterocycles. The number of carboxylic acid groups (broad SMARTS) is 1. The Labute approximate surface area is 109 Å². The van der Waals surface area contributed by atoms with Crippen molar-refractivity contribution in [1.82, 2.24) is 9.97 Å². The van der Waals surface area contributed by atoms with Gasteiger partial charge in [0, 0.05) is 12.4 Å². The molecule has 0 aliphatic rings. The Balaban J connectivity index is 0.00000112. The average molecular weight is 212 g/mol. The van der Waals surface area contributed by atoms with Gasteiger partial charge in [-0.15, -0.1) is 0 Å². The van der Waals surface area contributed by atoms with Gasteiger partial charge in [0.1, 0.15) is 5.82 Å². The molecule has 0 aliphatic heterocycles. The number of aromatic amines is 1. The predicted octanol–water partition coefficient (Wildman–Crippen LogP) is -2.75. The standard InChI is InChI=1S/C10H10N2O2.Na/c13-10(14)6-5-9-11-7-3-1-2-4-8(7)12-9;/h1-4H,5-6H2,(H,11,12)(H,13,14);/q;+1/p-1. The van der Waals surface area contributed by atoms with Gasteiger partial charge in [0.25, 0.3) is 0 Å². The Kier molecular flexibility index (Phi) is 4.32. The number of carboxylic acids is 1. The third-order valence-electron chi connectivity index (χ3n) is 2.00. The number of imidazole rings is 1. The van der Waals surface area contributed by atoms with Gasteiger partial charge in [-0.25, -0.2) is 4.98 Å². The number of nitrogens with zero attached hydrogens (tertiary/aromatic N) is 1. The zero-order valence-corrected chi connectivity index (χ0v) is 10.5. The molecule has 1 aromatic carbocycles. The van der Waals surface area contributed by atoms with Gasteiger partial charge in [-0.05, 0) is 18.6 Å². The number of aryl methyl sites for hydroxylation is 1. The van der Waals surface area contributed by atoms with Gasteiger partial charge in [-0.2, -0.15) is 0 Å². The average Bonchev–Trinajstić information content (AvgIpc) is 2.57. The van der Waals surface area contributed by atoms with Crippen molar-refractivity contribution in [3.63, 3.8) is 0 Å². The van der Waals surface area contributed by atoms with E-state index in [1.807, 2.05) is 24.3 Å². The molecule has 2 rings (SSSR count). The zero-order valence-electron chi connectivity index (χ0n) is 8.49. The zero-order chi connectivity index (χ0) is 9.97. The number of aliphatic carboxylic acids is 1. The summed E-state index contributed by atoms with van der Waals surface area (Å²) < 4.78 is 0. The van der Waals surface area contributed by atoms with E-state index < -0.39 is 5.97 Å². The van der Waals surface area contributed by atoms with Gasteiger partial charge in [0.05, 0.1) is 11.0 Å². The van der Waals surface area contributed by atoms with Crippen LogP contribution in [0.5, 0.6) is 0 Å². The van der Waals surface area contributed by atoms with Crippen LogP contribution in [0.15, 0.2) is 24.3 Å². The summed E-state index contributed by atoms with van der Waals surface area (Å²) in [4.78, 5) is 17.5. The summed E-state index contributed by atoms with van der Waals surface area (Å²) in [6.07, 6.45) is 0.386. The van der Waals surface area contributed by atoms with Crippen molar-refractivity contribution < 1.29 is 39.5 Å². The van der Waals surface area contributed by atoms with Crippen LogP contribution in [0.2, 0.25) is 0 Å². The first-order valence-electron chi connectivity index (χ1n) is 4.39. The molecule has 0 radical (unpaired) electrons. The largest absolute Gasteiger partial charge is 1.00 e. The molecule has 0 amide bonds. The summed E-state index contributed by atoms with van der Waals surface area (Å²) in [5.41, 5.74) is 1.79. The molecule has 0 bridgehead atoms. The van der Waals surface area contributed by atoms with Crippen LogP contribution in [0.3, 0.4) is 0 Å². The fourth-order valence-corrected chi connectivity index (χ4v) is 1.34. The van der Waals surface area contributed by atoms with Crippen molar-refractivity contribution >= 4 is 17.0 Å². The van der Waals surface area contributed by atoms with Crippen LogP contribution < -0.4 is 34.7 Å². The van der Waals surface area contributed by atoms with Crippen molar-refractivity contribution in [1.29, 1.82) is 0 Å². The van der Waals surface area contributed by atoms with Crippen LogP contribution in [0, 0.1) is 0 Å². The quantitative estimate of drug-likeness (QED) is 0.561. The van der Waals surface area contributed by atoms with E-state index >= 15 is 0 Å². The molecule has 4 nitrogen and oxygen atoms in total. The number of nitrogens with one attached hydrogen (secondary N) is 1. The fourth-order valence-electron chi connectivity index (χ4n) is 1.34. The molecule has 0 unspecified atom stereocenters. The van der Waals surface area contributed by atoms with Crippen LogP contribution in [0.25, 0.3) is 11.0 Å². The normalized spacial score (nSPS) is 9.87. The minimum atomic E-state index is -1.05. The van der Waals surface area contributed by atoms with Gasteiger partial charge in [0.2, 0.25) is 0 Å². The Hall–Kier alpha value is -0.840. The van der Waals surface area contributed by atoms with E-state index in [-0.39, 0.29) is 36.0 Å². The summed E-state index contributed by atoms with van der Waals surface area (Å²) in [6.45, 7) is 0. The summed E-state index contributed by atoms with van der Waals surface area (Å²) in [5.74, 6) is -0.360. The Morgan fingerprint density at radius 1 is 1.40 bits per heavy atom. The maximum atomic E-state index is 10.2. The third kappa shape index (κ3) is 3.06. The first kappa shape index (κ1) is 12.2. The van der Waals surface area contributed by atoms with Gasteiger partial charge < -0.3 is 14.9 Å². The molecule has 1 aromatic heterocycles. The van der Waals surface area contributed by atoms with Crippen molar-refractivity contribution in [3.05, 3.63) is 30.1 Å². The predicted molar refractivity (Wildman–Crippen MR) is 49.4 cm³/mol. The fraction of sp³-hybridized carbons (Fsp3) is 0.200. The molecular formula is C10H9N2NaO2. The number of para-hydroxylation sites is 2. The number of benzene rings is 1. The van der Waals surface area contributed by atoms with Crippen LogP contribution in [0.4, 0.5) is 0 Å². The maximum absolute atomic E-state index is 10.2. The molecule has 0 spiro atoms. The molecule has 72 valence electrons. The van der Waals surface area contributed by atoms with Crippen LogP contribution in [-0.2, 0) is 11.2 Å². The van der Waals surface area contributed by atoms with Crippen LogP contribution in [-0.4, -0.2) is 15.9 Å². The number of hydrogen-bond acceptors (Lipinski definition) is 3. The second kappa shape index (κ2) is 5.30. The van der Waals surface area contributed by atoms with Gasteiger partial charge >= 0.3 is 29.6 Å². The molecule has 0 aliphatic carbocycles. The summed E-state index contributed by atoms with van der Waals surface area (Å²) >= 11 is 0. The monoisotopic (exact) mass is 212 g/mol. The number of hydrogen-bond donors (Lipinski definition) is 1. The smallest absolute Gasteiger partial charge is 0.550 e.